The van der Waals surface area contributed by atoms with Gasteiger partial charge in [0.15, 0.2) is 0 Å². The molecular formula is C9H16N2O. The van der Waals surface area contributed by atoms with Crippen molar-refractivity contribution in [2.75, 3.05) is 19.6 Å². The fraction of sp³-hybridized carbons (Fsp3) is 0.667. The molecule has 1 saturated heterocycles. The number of carbonyl (C=O) groups is 1. The standard InChI is InChI=1S/C9H16N2O/c1-2-5-11-9(12)8-4-3-6-10-7-8/h2,8,10H,1,3-7H2,(H,11,12). The molecule has 0 aromatic heterocycles. The van der Waals surface area contributed by atoms with Crippen LogP contribution in [0.4, 0.5) is 0 Å². The summed E-state index contributed by atoms with van der Waals surface area (Å²) in [5.74, 6) is 0.320. The van der Waals surface area contributed by atoms with Crippen LogP contribution < -0.4 is 10.6 Å². The SMILES string of the molecule is C=CCNC(=O)C1CCCNC1. The van der Waals surface area contributed by atoms with Crippen molar-refractivity contribution >= 4 is 5.91 Å². The molecule has 68 valence electrons. The number of carbonyl (C=O) groups excluding carboxylic acids is 1. The van der Waals surface area contributed by atoms with E-state index < -0.39 is 0 Å². The maximum Gasteiger partial charge on any atom is 0.224 e. The first kappa shape index (κ1) is 9.26. The molecule has 0 radical (unpaired) electrons. The molecule has 1 unspecified atom stereocenters. The lowest BCUT2D eigenvalue weighted by molar-refractivity contribution is -0.125. The van der Waals surface area contributed by atoms with E-state index in [1.807, 2.05) is 0 Å². The third-order valence-electron chi connectivity index (χ3n) is 2.09. The van der Waals surface area contributed by atoms with Gasteiger partial charge in [-0.25, -0.2) is 0 Å². The largest absolute Gasteiger partial charge is 0.352 e. The van der Waals surface area contributed by atoms with E-state index in [1.54, 1.807) is 6.08 Å². The Balaban J connectivity index is 2.24. The van der Waals surface area contributed by atoms with E-state index in [-0.39, 0.29) is 11.8 Å². The first-order valence-electron chi connectivity index (χ1n) is 4.44. The van der Waals surface area contributed by atoms with Gasteiger partial charge in [0.1, 0.15) is 0 Å². The highest BCUT2D eigenvalue weighted by molar-refractivity contribution is 5.79. The smallest absolute Gasteiger partial charge is 0.224 e. The van der Waals surface area contributed by atoms with Crippen LogP contribution in [-0.2, 0) is 4.79 Å². The molecule has 0 spiro atoms. The van der Waals surface area contributed by atoms with Gasteiger partial charge in [-0.2, -0.15) is 0 Å². The minimum absolute atomic E-state index is 0.155. The van der Waals surface area contributed by atoms with Gasteiger partial charge in [-0.3, -0.25) is 4.79 Å². The number of hydrogen-bond acceptors (Lipinski definition) is 2. The summed E-state index contributed by atoms with van der Waals surface area (Å²) in [5, 5.41) is 6.01. The van der Waals surface area contributed by atoms with Crippen LogP contribution in [0.1, 0.15) is 12.8 Å². The Morgan fingerprint density at radius 3 is 3.17 bits per heavy atom. The molecule has 0 bridgehead atoms. The third-order valence-corrected chi connectivity index (χ3v) is 2.09. The second-order valence-corrected chi connectivity index (χ2v) is 3.08. The zero-order valence-electron chi connectivity index (χ0n) is 7.31. The van der Waals surface area contributed by atoms with Crippen LogP contribution in [0.3, 0.4) is 0 Å². The summed E-state index contributed by atoms with van der Waals surface area (Å²) < 4.78 is 0. The molecule has 1 rings (SSSR count). The average molecular weight is 168 g/mol. The first-order valence-corrected chi connectivity index (χ1v) is 4.44. The van der Waals surface area contributed by atoms with Crippen molar-refractivity contribution in [2.24, 2.45) is 5.92 Å². The lowest BCUT2D eigenvalue weighted by atomic mass is 9.99. The molecule has 1 aliphatic heterocycles. The van der Waals surface area contributed by atoms with Gasteiger partial charge in [-0.15, -0.1) is 6.58 Å². The maximum atomic E-state index is 11.4. The molecule has 0 aliphatic carbocycles. The van der Waals surface area contributed by atoms with E-state index >= 15 is 0 Å². The molecule has 3 heteroatoms. The predicted molar refractivity (Wildman–Crippen MR) is 48.8 cm³/mol. The van der Waals surface area contributed by atoms with Gasteiger partial charge in [-0.05, 0) is 19.4 Å². The molecule has 3 nitrogen and oxygen atoms in total. The van der Waals surface area contributed by atoms with E-state index in [2.05, 4.69) is 17.2 Å². The van der Waals surface area contributed by atoms with Crippen molar-refractivity contribution in [1.82, 2.24) is 10.6 Å². The molecule has 0 aromatic rings. The van der Waals surface area contributed by atoms with E-state index in [0.717, 1.165) is 25.9 Å². The zero-order valence-corrected chi connectivity index (χ0v) is 7.31. The molecule has 1 aliphatic rings. The molecular weight excluding hydrogens is 152 g/mol. The van der Waals surface area contributed by atoms with E-state index in [9.17, 15) is 4.79 Å². The van der Waals surface area contributed by atoms with Crippen LogP contribution in [0.25, 0.3) is 0 Å². The Hall–Kier alpha value is -0.830. The number of amides is 1. The minimum atomic E-state index is 0.155. The van der Waals surface area contributed by atoms with Crippen LogP contribution in [0.2, 0.25) is 0 Å². The van der Waals surface area contributed by atoms with Gasteiger partial charge >= 0.3 is 0 Å². The Labute approximate surface area is 73.2 Å². The van der Waals surface area contributed by atoms with Gasteiger partial charge in [0, 0.05) is 13.1 Å². The van der Waals surface area contributed by atoms with Gasteiger partial charge < -0.3 is 10.6 Å². The molecule has 1 fully saturated rings. The molecule has 1 heterocycles. The summed E-state index contributed by atoms with van der Waals surface area (Å²) in [6.07, 6.45) is 3.82. The monoisotopic (exact) mass is 168 g/mol. The van der Waals surface area contributed by atoms with E-state index in [4.69, 9.17) is 0 Å². The van der Waals surface area contributed by atoms with Crippen LogP contribution >= 0.6 is 0 Å². The highest BCUT2D eigenvalue weighted by Crippen LogP contribution is 2.09. The Bertz CT molecular complexity index is 162. The van der Waals surface area contributed by atoms with Crippen molar-refractivity contribution in [1.29, 1.82) is 0 Å². The summed E-state index contributed by atoms with van der Waals surface area (Å²) >= 11 is 0. The Kier molecular flexibility index (Phi) is 3.80. The third kappa shape index (κ3) is 2.66. The highest BCUT2D eigenvalue weighted by atomic mass is 16.1. The van der Waals surface area contributed by atoms with Crippen molar-refractivity contribution < 1.29 is 4.79 Å². The second-order valence-electron chi connectivity index (χ2n) is 3.08. The number of nitrogens with one attached hydrogen (secondary N) is 2. The molecule has 0 aromatic carbocycles. The quantitative estimate of drug-likeness (QED) is 0.595. The summed E-state index contributed by atoms with van der Waals surface area (Å²) in [4.78, 5) is 11.4. The van der Waals surface area contributed by atoms with Crippen molar-refractivity contribution in [3.05, 3.63) is 12.7 Å². The lowest BCUT2D eigenvalue weighted by Gasteiger charge is -2.21. The van der Waals surface area contributed by atoms with Crippen molar-refractivity contribution in [2.45, 2.75) is 12.8 Å². The molecule has 1 atom stereocenters. The number of hydrogen-bond donors (Lipinski definition) is 2. The molecule has 12 heavy (non-hydrogen) atoms. The van der Waals surface area contributed by atoms with Crippen LogP contribution in [0.15, 0.2) is 12.7 Å². The molecule has 2 N–H and O–H groups in total. The average Bonchev–Trinajstić information content (AvgIpc) is 2.15. The Morgan fingerprint density at radius 2 is 2.58 bits per heavy atom. The lowest BCUT2D eigenvalue weighted by Crippen LogP contribution is -2.40. The Morgan fingerprint density at radius 1 is 1.75 bits per heavy atom. The summed E-state index contributed by atoms with van der Waals surface area (Å²) in [5.41, 5.74) is 0. The van der Waals surface area contributed by atoms with Crippen LogP contribution in [0, 0.1) is 5.92 Å². The van der Waals surface area contributed by atoms with Crippen molar-refractivity contribution in [3.8, 4) is 0 Å². The van der Waals surface area contributed by atoms with E-state index in [1.165, 1.54) is 0 Å². The molecule has 0 saturated carbocycles. The van der Waals surface area contributed by atoms with Gasteiger partial charge in [0.05, 0.1) is 5.92 Å². The summed E-state index contributed by atoms with van der Waals surface area (Å²) in [6, 6.07) is 0. The van der Waals surface area contributed by atoms with Gasteiger partial charge in [0.2, 0.25) is 5.91 Å². The van der Waals surface area contributed by atoms with Crippen LogP contribution in [-0.4, -0.2) is 25.5 Å². The fourth-order valence-electron chi connectivity index (χ4n) is 1.39. The number of rotatable bonds is 3. The number of piperidine rings is 1. The second kappa shape index (κ2) is 4.93. The van der Waals surface area contributed by atoms with Gasteiger partial charge in [0.25, 0.3) is 0 Å². The molecule has 1 amide bonds. The predicted octanol–water partition coefficient (Wildman–Crippen LogP) is 0.288. The van der Waals surface area contributed by atoms with E-state index in [0.29, 0.717) is 6.54 Å². The topological polar surface area (TPSA) is 41.1 Å². The zero-order chi connectivity index (χ0) is 8.81. The summed E-state index contributed by atoms with van der Waals surface area (Å²) in [7, 11) is 0. The van der Waals surface area contributed by atoms with Gasteiger partial charge in [-0.1, -0.05) is 6.08 Å². The summed E-state index contributed by atoms with van der Waals surface area (Å²) in [6.45, 7) is 6.00. The normalized spacial score (nSPS) is 23.2. The van der Waals surface area contributed by atoms with Crippen molar-refractivity contribution in [3.63, 3.8) is 0 Å². The fourth-order valence-corrected chi connectivity index (χ4v) is 1.39. The highest BCUT2D eigenvalue weighted by Gasteiger charge is 2.19. The maximum absolute atomic E-state index is 11.4. The first-order chi connectivity index (χ1) is 5.84. The van der Waals surface area contributed by atoms with Crippen LogP contribution in [0.5, 0.6) is 0 Å². The minimum Gasteiger partial charge on any atom is -0.352 e.